The SMILES string of the molecule is CCOc1ccccc1OCCOc1cc(Cl)ccc1C. The fraction of sp³-hybridized carbons (Fsp3) is 0.294. The van der Waals surface area contributed by atoms with Crippen LogP contribution in [0, 0.1) is 6.92 Å². The largest absolute Gasteiger partial charge is 0.490 e. The van der Waals surface area contributed by atoms with E-state index >= 15 is 0 Å². The molecular weight excluding hydrogens is 288 g/mol. The minimum atomic E-state index is 0.441. The second kappa shape index (κ2) is 7.79. The van der Waals surface area contributed by atoms with Gasteiger partial charge in [-0.15, -0.1) is 0 Å². The van der Waals surface area contributed by atoms with Crippen LogP contribution in [0.15, 0.2) is 42.5 Å². The molecule has 0 aliphatic carbocycles. The molecule has 0 saturated heterocycles. The Balaban J connectivity index is 1.86. The van der Waals surface area contributed by atoms with Crippen LogP contribution in [0.4, 0.5) is 0 Å². The third-order valence-electron chi connectivity index (χ3n) is 2.90. The fourth-order valence-corrected chi connectivity index (χ4v) is 2.04. The van der Waals surface area contributed by atoms with Gasteiger partial charge in [-0.1, -0.05) is 29.8 Å². The number of ether oxygens (including phenoxy) is 3. The first-order valence-corrected chi connectivity index (χ1v) is 7.32. The Hall–Kier alpha value is -1.87. The van der Waals surface area contributed by atoms with Crippen LogP contribution < -0.4 is 14.2 Å². The molecule has 0 spiro atoms. The van der Waals surface area contributed by atoms with Gasteiger partial charge in [0.05, 0.1) is 6.61 Å². The van der Waals surface area contributed by atoms with Crippen LogP contribution in [0.3, 0.4) is 0 Å². The zero-order chi connectivity index (χ0) is 15.1. The van der Waals surface area contributed by atoms with Gasteiger partial charge in [0.2, 0.25) is 0 Å². The van der Waals surface area contributed by atoms with Gasteiger partial charge in [0.1, 0.15) is 19.0 Å². The van der Waals surface area contributed by atoms with Crippen molar-refractivity contribution in [2.75, 3.05) is 19.8 Å². The maximum Gasteiger partial charge on any atom is 0.161 e. The molecule has 112 valence electrons. The van der Waals surface area contributed by atoms with Crippen molar-refractivity contribution >= 4 is 11.6 Å². The van der Waals surface area contributed by atoms with Gasteiger partial charge in [0, 0.05) is 5.02 Å². The predicted octanol–water partition coefficient (Wildman–Crippen LogP) is 4.50. The summed E-state index contributed by atoms with van der Waals surface area (Å²) < 4.78 is 16.9. The Kier molecular flexibility index (Phi) is 5.76. The molecule has 0 bridgehead atoms. The van der Waals surface area contributed by atoms with Gasteiger partial charge >= 0.3 is 0 Å². The summed E-state index contributed by atoms with van der Waals surface area (Å²) >= 11 is 5.95. The summed E-state index contributed by atoms with van der Waals surface area (Å²) in [5.74, 6) is 2.26. The van der Waals surface area contributed by atoms with Gasteiger partial charge in [0.25, 0.3) is 0 Å². The topological polar surface area (TPSA) is 27.7 Å². The quantitative estimate of drug-likeness (QED) is 0.705. The third kappa shape index (κ3) is 4.57. The highest BCUT2D eigenvalue weighted by molar-refractivity contribution is 6.30. The molecule has 0 aromatic heterocycles. The predicted molar refractivity (Wildman–Crippen MR) is 84.8 cm³/mol. The molecule has 0 amide bonds. The number of halogens is 1. The lowest BCUT2D eigenvalue weighted by atomic mass is 10.2. The zero-order valence-electron chi connectivity index (χ0n) is 12.3. The summed E-state index contributed by atoms with van der Waals surface area (Å²) in [5, 5.41) is 0.665. The van der Waals surface area contributed by atoms with E-state index in [0.29, 0.717) is 24.8 Å². The van der Waals surface area contributed by atoms with Crippen molar-refractivity contribution in [3.8, 4) is 17.2 Å². The molecule has 4 heteroatoms. The first kappa shape index (κ1) is 15.5. The molecule has 0 aliphatic heterocycles. The summed E-state index contributed by atoms with van der Waals surface area (Å²) in [6.07, 6.45) is 0. The van der Waals surface area contributed by atoms with Crippen molar-refractivity contribution in [3.63, 3.8) is 0 Å². The third-order valence-corrected chi connectivity index (χ3v) is 3.13. The summed E-state index contributed by atoms with van der Waals surface area (Å²) in [4.78, 5) is 0. The second-order valence-corrected chi connectivity index (χ2v) is 4.92. The van der Waals surface area contributed by atoms with Gasteiger partial charge in [-0.25, -0.2) is 0 Å². The molecular formula is C17H19ClO3. The highest BCUT2D eigenvalue weighted by Crippen LogP contribution is 2.26. The van der Waals surface area contributed by atoms with Crippen LogP contribution >= 0.6 is 11.6 Å². The number of hydrogen-bond donors (Lipinski definition) is 0. The lowest BCUT2D eigenvalue weighted by Gasteiger charge is -2.13. The van der Waals surface area contributed by atoms with Crippen molar-refractivity contribution in [2.24, 2.45) is 0 Å². The van der Waals surface area contributed by atoms with E-state index in [-0.39, 0.29) is 0 Å². The normalized spacial score (nSPS) is 10.2. The van der Waals surface area contributed by atoms with Gasteiger partial charge in [0.15, 0.2) is 11.5 Å². The monoisotopic (exact) mass is 306 g/mol. The van der Waals surface area contributed by atoms with Gasteiger partial charge in [-0.2, -0.15) is 0 Å². The minimum Gasteiger partial charge on any atom is -0.490 e. The van der Waals surface area contributed by atoms with Crippen LogP contribution in [-0.4, -0.2) is 19.8 Å². The van der Waals surface area contributed by atoms with E-state index in [1.807, 2.05) is 56.3 Å². The van der Waals surface area contributed by atoms with Crippen LogP contribution in [-0.2, 0) is 0 Å². The average molecular weight is 307 g/mol. The Morgan fingerprint density at radius 1 is 0.857 bits per heavy atom. The number of hydrogen-bond acceptors (Lipinski definition) is 3. The number of aryl methyl sites for hydroxylation is 1. The molecule has 0 unspecified atom stereocenters. The van der Waals surface area contributed by atoms with Crippen LogP contribution in [0.1, 0.15) is 12.5 Å². The lowest BCUT2D eigenvalue weighted by Crippen LogP contribution is -2.10. The fourth-order valence-electron chi connectivity index (χ4n) is 1.88. The molecule has 0 fully saturated rings. The van der Waals surface area contributed by atoms with E-state index < -0.39 is 0 Å². The maximum atomic E-state index is 5.95. The van der Waals surface area contributed by atoms with Crippen molar-refractivity contribution in [1.29, 1.82) is 0 Å². The lowest BCUT2D eigenvalue weighted by molar-refractivity contribution is 0.207. The molecule has 0 radical (unpaired) electrons. The molecule has 21 heavy (non-hydrogen) atoms. The highest BCUT2D eigenvalue weighted by Gasteiger charge is 2.04. The van der Waals surface area contributed by atoms with Crippen molar-refractivity contribution in [1.82, 2.24) is 0 Å². The van der Waals surface area contributed by atoms with Gasteiger partial charge < -0.3 is 14.2 Å². The molecule has 2 rings (SSSR count). The molecule has 3 nitrogen and oxygen atoms in total. The van der Waals surface area contributed by atoms with Crippen molar-refractivity contribution in [2.45, 2.75) is 13.8 Å². The number of para-hydroxylation sites is 2. The summed E-state index contributed by atoms with van der Waals surface area (Å²) in [6.45, 7) is 5.43. The van der Waals surface area contributed by atoms with E-state index in [1.165, 1.54) is 0 Å². The summed E-state index contributed by atoms with van der Waals surface area (Å²) in [7, 11) is 0. The second-order valence-electron chi connectivity index (χ2n) is 4.49. The maximum absolute atomic E-state index is 5.95. The van der Waals surface area contributed by atoms with E-state index in [0.717, 1.165) is 22.8 Å². The van der Waals surface area contributed by atoms with Gasteiger partial charge in [-0.05, 0) is 43.7 Å². The van der Waals surface area contributed by atoms with Crippen LogP contribution in [0.25, 0.3) is 0 Å². The highest BCUT2D eigenvalue weighted by atomic mass is 35.5. The molecule has 2 aromatic carbocycles. The average Bonchev–Trinajstić information content (AvgIpc) is 2.49. The van der Waals surface area contributed by atoms with E-state index in [1.54, 1.807) is 0 Å². The standard InChI is InChI=1S/C17H19ClO3/c1-3-19-15-6-4-5-7-16(15)20-10-11-21-17-12-14(18)9-8-13(17)2/h4-9,12H,3,10-11H2,1-2H3. The first-order valence-electron chi connectivity index (χ1n) is 6.94. The number of rotatable bonds is 7. The van der Waals surface area contributed by atoms with E-state index in [9.17, 15) is 0 Å². The summed E-state index contributed by atoms with van der Waals surface area (Å²) in [6, 6.07) is 13.2. The Morgan fingerprint density at radius 2 is 1.48 bits per heavy atom. The Bertz CT molecular complexity index is 584. The van der Waals surface area contributed by atoms with E-state index in [2.05, 4.69) is 0 Å². The molecule has 2 aromatic rings. The van der Waals surface area contributed by atoms with Crippen LogP contribution in [0.5, 0.6) is 17.2 Å². The molecule has 0 aliphatic rings. The smallest absolute Gasteiger partial charge is 0.161 e. The molecule has 0 atom stereocenters. The van der Waals surface area contributed by atoms with Gasteiger partial charge in [-0.3, -0.25) is 0 Å². The van der Waals surface area contributed by atoms with Crippen molar-refractivity contribution in [3.05, 3.63) is 53.1 Å². The summed E-state index contributed by atoms with van der Waals surface area (Å²) in [5.41, 5.74) is 1.05. The molecule has 0 N–H and O–H groups in total. The number of benzene rings is 2. The van der Waals surface area contributed by atoms with Crippen molar-refractivity contribution < 1.29 is 14.2 Å². The Morgan fingerprint density at radius 3 is 2.14 bits per heavy atom. The molecule has 0 heterocycles. The first-order chi connectivity index (χ1) is 10.2. The van der Waals surface area contributed by atoms with Crippen LogP contribution in [0.2, 0.25) is 5.02 Å². The zero-order valence-corrected chi connectivity index (χ0v) is 13.0. The molecule has 0 saturated carbocycles. The Labute approximate surface area is 130 Å². The van der Waals surface area contributed by atoms with E-state index in [4.69, 9.17) is 25.8 Å². The minimum absolute atomic E-state index is 0.441.